The summed E-state index contributed by atoms with van der Waals surface area (Å²) in [5.74, 6) is 0.107. The van der Waals surface area contributed by atoms with Crippen molar-refractivity contribution >= 4 is 11.0 Å². The van der Waals surface area contributed by atoms with Crippen LogP contribution >= 0.6 is 0 Å². The topological polar surface area (TPSA) is 61.8 Å². The SMILES string of the molecule is N#Cc1cn(C2CCC2)c2ncc(O)cc12. The first-order chi connectivity index (χ1) is 7.79. The molecule has 1 aliphatic carbocycles. The first kappa shape index (κ1) is 9.22. The highest BCUT2D eigenvalue weighted by Crippen LogP contribution is 2.35. The number of fused-ring (bicyclic) bond motifs is 1. The zero-order valence-corrected chi connectivity index (χ0v) is 8.72. The summed E-state index contributed by atoms with van der Waals surface area (Å²) in [6.45, 7) is 0. The quantitative estimate of drug-likeness (QED) is 0.790. The Morgan fingerprint density at radius 2 is 2.31 bits per heavy atom. The van der Waals surface area contributed by atoms with Crippen LogP contribution in [0.1, 0.15) is 30.9 Å². The van der Waals surface area contributed by atoms with E-state index in [1.807, 2.05) is 6.20 Å². The van der Waals surface area contributed by atoms with Gasteiger partial charge in [0.25, 0.3) is 0 Å². The van der Waals surface area contributed by atoms with Crippen LogP contribution in [0.3, 0.4) is 0 Å². The second-order valence-corrected chi connectivity index (χ2v) is 4.21. The van der Waals surface area contributed by atoms with Crippen LogP contribution in [0.15, 0.2) is 18.5 Å². The molecule has 0 bridgehead atoms. The number of pyridine rings is 1. The van der Waals surface area contributed by atoms with Gasteiger partial charge < -0.3 is 9.67 Å². The van der Waals surface area contributed by atoms with Gasteiger partial charge in [-0.05, 0) is 25.3 Å². The third kappa shape index (κ3) is 1.18. The first-order valence-electron chi connectivity index (χ1n) is 5.39. The molecule has 0 amide bonds. The maximum atomic E-state index is 9.39. The Labute approximate surface area is 92.8 Å². The highest BCUT2D eigenvalue weighted by atomic mass is 16.3. The fourth-order valence-corrected chi connectivity index (χ4v) is 2.15. The van der Waals surface area contributed by atoms with Crippen LogP contribution in [-0.4, -0.2) is 14.7 Å². The lowest BCUT2D eigenvalue weighted by Crippen LogP contribution is -2.16. The molecule has 0 radical (unpaired) electrons. The van der Waals surface area contributed by atoms with Crippen molar-refractivity contribution in [1.82, 2.24) is 9.55 Å². The maximum absolute atomic E-state index is 9.39. The van der Waals surface area contributed by atoms with E-state index in [0.717, 1.165) is 23.9 Å². The van der Waals surface area contributed by atoms with Crippen molar-refractivity contribution in [2.45, 2.75) is 25.3 Å². The average Bonchev–Trinajstić information content (AvgIpc) is 2.54. The van der Waals surface area contributed by atoms with Crippen molar-refractivity contribution < 1.29 is 5.11 Å². The number of rotatable bonds is 1. The van der Waals surface area contributed by atoms with Crippen LogP contribution in [0, 0.1) is 11.3 Å². The molecule has 80 valence electrons. The summed E-state index contributed by atoms with van der Waals surface area (Å²) in [4.78, 5) is 4.21. The van der Waals surface area contributed by atoms with Crippen molar-refractivity contribution in [3.05, 3.63) is 24.0 Å². The molecule has 0 aromatic carbocycles. The summed E-state index contributed by atoms with van der Waals surface area (Å²) in [7, 11) is 0. The summed E-state index contributed by atoms with van der Waals surface area (Å²) < 4.78 is 2.07. The molecule has 0 atom stereocenters. The highest BCUT2D eigenvalue weighted by Gasteiger charge is 2.22. The summed E-state index contributed by atoms with van der Waals surface area (Å²) in [5, 5.41) is 19.2. The van der Waals surface area contributed by atoms with Crippen molar-refractivity contribution in [3.63, 3.8) is 0 Å². The van der Waals surface area contributed by atoms with Crippen molar-refractivity contribution in [1.29, 1.82) is 5.26 Å². The number of nitrogens with zero attached hydrogens (tertiary/aromatic N) is 3. The number of hydrogen-bond acceptors (Lipinski definition) is 3. The summed E-state index contributed by atoms with van der Waals surface area (Å²) in [6, 6.07) is 4.23. The van der Waals surface area contributed by atoms with E-state index in [9.17, 15) is 5.11 Å². The molecule has 2 aromatic heterocycles. The highest BCUT2D eigenvalue weighted by molar-refractivity contribution is 5.84. The Bertz CT molecular complexity index is 590. The predicted molar refractivity (Wildman–Crippen MR) is 59.0 cm³/mol. The van der Waals surface area contributed by atoms with Gasteiger partial charge in [-0.1, -0.05) is 0 Å². The van der Waals surface area contributed by atoms with Gasteiger partial charge in [0.05, 0.1) is 11.8 Å². The Balaban J connectivity index is 2.26. The predicted octanol–water partition coefficient (Wildman–Crippen LogP) is 2.34. The van der Waals surface area contributed by atoms with Gasteiger partial charge >= 0.3 is 0 Å². The number of hydrogen-bond donors (Lipinski definition) is 1. The second-order valence-electron chi connectivity index (χ2n) is 4.21. The molecule has 0 spiro atoms. The molecule has 0 aliphatic heterocycles. The van der Waals surface area contributed by atoms with E-state index in [0.29, 0.717) is 11.6 Å². The minimum atomic E-state index is 0.107. The second kappa shape index (κ2) is 3.24. The van der Waals surface area contributed by atoms with Crippen molar-refractivity contribution in [2.75, 3.05) is 0 Å². The van der Waals surface area contributed by atoms with E-state index in [1.165, 1.54) is 12.6 Å². The minimum Gasteiger partial charge on any atom is -0.506 e. The van der Waals surface area contributed by atoms with Crippen molar-refractivity contribution in [3.8, 4) is 11.8 Å². The van der Waals surface area contributed by atoms with Crippen LogP contribution in [-0.2, 0) is 0 Å². The number of nitriles is 1. The van der Waals surface area contributed by atoms with E-state index in [2.05, 4.69) is 15.6 Å². The molecule has 1 aliphatic rings. The number of aromatic hydroxyl groups is 1. The van der Waals surface area contributed by atoms with E-state index in [-0.39, 0.29) is 5.75 Å². The third-order valence-corrected chi connectivity index (χ3v) is 3.24. The molecule has 1 saturated carbocycles. The van der Waals surface area contributed by atoms with Crippen LogP contribution in [0.2, 0.25) is 0 Å². The lowest BCUT2D eigenvalue weighted by molar-refractivity contribution is 0.320. The van der Waals surface area contributed by atoms with E-state index in [4.69, 9.17) is 5.26 Å². The van der Waals surface area contributed by atoms with Gasteiger partial charge in [0.1, 0.15) is 17.5 Å². The molecule has 2 heterocycles. The van der Waals surface area contributed by atoms with Gasteiger partial charge in [0, 0.05) is 17.6 Å². The smallest absolute Gasteiger partial charge is 0.141 e. The minimum absolute atomic E-state index is 0.107. The normalized spacial score (nSPS) is 15.9. The maximum Gasteiger partial charge on any atom is 0.141 e. The largest absolute Gasteiger partial charge is 0.506 e. The van der Waals surface area contributed by atoms with Gasteiger partial charge in [-0.15, -0.1) is 0 Å². The molecular formula is C12H11N3O. The van der Waals surface area contributed by atoms with E-state index < -0.39 is 0 Å². The van der Waals surface area contributed by atoms with Gasteiger partial charge in [-0.25, -0.2) is 4.98 Å². The van der Waals surface area contributed by atoms with Crippen molar-refractivity contribution in [2.24, 2.45) is 0 Å². The summed E-state index contributed by atoms with van der Waals surface area (Å²) >= 11 is 0. The fourth-order valence-electron chi connectivity index (χ4n) is 2.15. The zero-order chi connectivity index (χ0) is 11.1. The zero-order valence-electron chi connectivity index (χ0n) is 8.72. The van der Waals surface area contributed by atoms with Gasteiger partial charge in [0.15, 0.2) is 0 Å². The van der Waals surface area contributed by atoms with Crippen LogP contribution < -0.4 is 0 Å². The molecule has 1 fully saturated rings. The van der Waals surface area contributed by atoms with Gasteiger partial charge in [-0.3, -0.25) is 0 Å². The molecule has 16 heavy (non-hydrogen) atoms. The van der Waals surface area contributed by atoms with Crippen LogP contribution in [0.25, 0.3) is 11.0 Å². The van der Waals surface area contributed by atoms with E-state index in [1.54, 1.807) is 6.07 Å². The molecular weight excluding hydrogens is 202 g/mol. The molecule has 0 unspecified atom stereocenters. The summed E-state index contributed by atoms with van der Waals surface area (Å²) in [5.41, 5.74) is 1.39. The molecule has 3 rings (SSSR count). The summed E-state index contributed by atoms with van der Waals surface area (Å²) in [6.07, 6.45) is 6.82. The average molecular weight is 213 g/mol. The fraction of sp³-hybridized carbons (Fsp3) is 0.333. The Kier molecular flexibility index (Phi) is 1.87. The molecule has 1 N–H and O–H groups in total. The lowest BCUT2D eigenvalue weighted by Gasteiger charge is -2.27. The lowest BCUT2D eigenvalue weighted by atomic mass is 9.93. The molecule has 4 heteroatoms. The number of aromatic nitrogens is 2. The first-order valence-corrected chi connectivity index (χ1v) is 5.39. The van der Waals surface area contributed by atoms with Gasteiger partial charge in [0.2, 0.25) is 0 Å². The molecule has 4 nitrogen and oxygen atoms in total. The van der Waals surface area contributed by atoms with Crippen LogP contribution in [0.4, 0.5) is 0 Å². The molecule has 0 saturated heterocycles. The Morgan fingerprint density at radius 3 is 2.94 bits per heavy atom. The Hall–Kier alpha value is -2.02. The molecule has 2 aromatic rings. The standard InChI is InChI=1S/C12H11N3O/c13-5-8-7-15(9-2-1-3-9)12-11(8)4-10(16)6-14-12/h4,6-7,9,16H,1-3H2. The van der Waals surface area contributed by atoms with Gasteiger partial charge in [-0.2, -0.15) is 5.26 Å². The third-order valence-electron chi connectivity index (χ3n) is 3.24. The van der Waals surface area contributed by atoms with E-state index >= 15 is 0 Å². The Morgan fingerprint density at radius 1 is 1.50 bits per heavy atom. The monoisotopic (exact) mass is 213 g/mol. The van der Waals surface area contributed by atoms with Crippen LogP contribution in [0.5, 0.6) is 5.75 Å².